The van der Waals surface area contributed by atoms with E-state index >= 15 is 0 Å². The second-order valence-electron chi connectivity index (χ2n) is 6.33. The summed E-state index contributed by atoms with van der Waals surface area (Å²) in [6, 6.07) is 1.23. The van der Waals surface area contributed by atoms with Crippen molar-refractivity contribution in [1.82, 2.24) is 24.2 Å². The second-order valence-corrected chi connectivity index (χ2v) is 6.33. The fourth-order valence-electron chi connectivity index (χ4n) is 3.27. The topological polar surface area (TPSA) is 93.0 Å². The molecule has 0 aromatic carbocycles. The summed E-state index contributed by atoms with van der Waals surface area (Å²) in [6.07, 6.45) is 3.62. The largest absolute Gasteiger partial charge is 0.337 e. The molecule has 2 aromatic rings. The van der Waals surface area contributed by atoms with Crippen LogP contribution in [0.4, 0.5) is 0 Å². The van der Waals surface area contributed by atoms with Crippen LogP contribution >= 0.6 is 0 Å². The zero-order chi connectivity index (χ0) is 17.4. The number of carbonyl (C=O) groups is 1. The van der Waals surface area contributed by atoms with Crippen LogP contribution in [0.25, 0.3) is 0 Å². The number of rotatable bonds is 2. The molecular weight excluding hydrogens is 310 g/mol. The first kappa shape index (κ1) is 16.2. The summed E-state index contributed by atoms with van der Waals surface area (Å²) in [4.78, 5) is 38.4. The highest BCUT2D eigenvalue weighted by Crippen LogP contribution is 2.28. The third-order valence-corrected chi connectivity index (χ3v) is 4.73. The van der Waals surface area contributed by atoms with Gasteiger partial charge in [-0.1, -0.05) is 0 Å². The van der Waals surface area contributed by atoms with Gasteiger partial charge in [0.1, 0.15) is 5.69 Å². The average molecular weight is 331 g/mol. The van der Waals surface area contributed by atoms with E-state index in [1.807, 2.05) is 6.92 Å². The molecule has 0 bridgehead atoms. The Morgan fingerprint density at radius 3 is 2.71 bits per heavy atom. The summed E-state index contributed by atoms with van der Waals surface area (Å²) in [5.41, 5.74) is 1.29. The van der Waals surface area contributed by atoms with E-state index in [0.29, 0.717) is 13.1 Å². The molecule has 1 amide bonds. The van der Waals surface area contributed by atoms with Crippen molar-refractivity contribution < 1.29 is 4.79 Å². The lowest BCUT2D eigenvalue weighted by molar-refractivity contribution is 0.0693. The Bertz CT molecular complexity index is 892. The molecule has 0 saturated carbocycles. The molecule has 8 heteroatoms. The summed E-state index contributed by atoms with van der Waals surface area (Å²) < 4.78 is 2.22. The van der Waals surface area contributed by atoms with Gasteiger partial charge in [-0.25, -0.2) is 4.79 Å². The van der Waals surface area contributed by atoms with Gasteiger partial charge in [0.15, 0.2) is 0 Å². The SMILES string of the molecule is Cc1cn[nH]c1[C@@H]1CCCN(C(=O)c2cc(=O)n(C)c(=O)n2C)C1. The van der Waals surface area contributed by atoms with Crippen molar-refractivity contribution in [2.24, 2.45) is 14.1 Å². The molecule has 1 saturated heterocycles. The smallest absolute Gasteiger partial charge is 0.331 e. The summed E-state index contributed by atoms with van der Waals surface area (Å²) >= 11 is 0. The molecule has 1 atom stereocenters. The molecule has 128 valence electrons. The fraction of sp³-hybridized carbons (Fsp3) is 0.500. The number of carbonyl (C=O) groups excluding carboxylic acids is 1. The third-order valence-electron chi connectivity index (χ3n) is 4.73. The highest BCUT2D eigenvalue weighted by Gasteiger charge is 2.28. The average Bonchev–Trinajstić information content (AvgIpc) is 3.02. The van der Waals surface area contributed by atoms with Gasteiger partial charge in [-0.05, 0) is 25.3 Å². The van der Waals surface area contributed by atoms with E-state index in [9.17, 15) is 14.4 Å². The van der Waals surface area contributed by atoms with E-state index in [2.05, 4.69) is 10.2 Å². The minimum absolute atomic E-state index is 0.130. The van der Waals surface area contributed by atoms with Crippen molar-refractivity contribution in [2.75, 3.05) is 13.1 Å². The number of amides is 1. The quantitative estimate of drug-likeness (QED) is 0.847. The summed E-state index contributed by atoms with van der Waals surface area (Å²) in [5, 5.41) is 7.07. The maximum atomic E-state index is 12.8. The van der Waals surface area contributed by atoms with Gasteiger partial charge < -0.3 is 4.90 Å². The molecule has 0 aliphatic carbocycles. The van der Waals surface area contributed by atoms with Gasteiger partial charge in [-0.3, -0.25) is 23.8 Å². The zero-order valence-electron chi connectivity index (χ0n) is 14.1. The molecular formula is C16H21N5O3. The van der Waals surface area contributed by atoms with Crippen LogP contribution in [-0.4, -0.2) is 43.2 Å². The normalized spacial score (nSPS) is 18.0. The predicted molar refractivity (Wildman–Crippen MR) is 88.1 cm³/mol. The minimum atomic E-state index is -0.496. The van der Waals surface area contributed by atoms with Crippen LogP contribution in [0, 0.1) is 6.92 Å². The summed E-state index contributed by atoms with van der Waals surface area (Å²) in [7, 11) is 2.91. The third kappa shape index (κ3) is 2.68. The van der Waals surface area contributed by atoms with E-state index in [0.717, 1.165) is 28.7 Å². The molecule has 0 spiro atoms. The number of H-pyrrole nitrogens is 1. The van der Waals surface area contributed by atoms with Crippen molar-refractivity contribution >= 4 is 5.91 Å². The van der Waals surface area contributed by atoms with E-state index in [4.69, 9.17) is 0 Å². The second kappa shape index (κ2) is 6.10. The lowest BCUT2D eigenvalue weighted by Gasteiger charge is -2.32. The number of nitrogens with zero attached hydrogens (tertiary/aromatic N) is 4. The van der Waals surface area contributed by atoms with Crippen LogP contribution in [-0.2, 0) is 14.1 Å². The van der Waals surface area contributed by atoms with Crippen molar-refractivity contribution in [1.29, 1.82) is 0 Å². The van der Waals surface area contributed by atoms with Crippen LogP contribution < -0.4 is 11.2 Å². The van der Waals surface area contributed by atoms with Crippen LogP contribution in [0.2, 0.25) is 0 Å². The monoisotopic (exact) mass is 331 g/mol. The van der Waals surface area contributed by atoms with E-state index < -0.39 is 11.2 Å². The van der Waals surface area contributed by atoms with Gasteiger partial charge >= 0.3 is 5.69 Å². The van der Waals surface area contributed by atoms with Gasteiger partial charge in [-0.2, -0.15) is 5.10 Å². The summed E-state index contributed by atoms with van der Waals surface area (Å²) in [6.45, 7) is 3.15. The zero-order valence-corrected chi connectivity index (χ0v) is 14.1. The van der Waals surface area contributed by atoms with Crippen LogP contribution in [0.3, 0.4) is 0 Å². The number of piperidine rings is 1. The standard InChI is InChI=1S/C16H21N5O3/c1-10-8-17-18-14(10)11-5-4-6-21(9-11)15(23)12-7-13(22)20(3)16(24)19(12)2/h7-8,11H,4-6,9H2,1-3H3,(H,17,18)/t11-/m1/s1. The van der Waals surface area contributed by atoms with Crippen molar-refractivity contribution in [2.45, 2.75) is 25.7 Å². The molecule has 3 heterocycles. The first-order valence-corrected chi connectivity index (χ1v) is 7.96. The molecule has 2 aromatic heterocycles. The molecule has 0 radical (unpaired) electrons. The predicted octanol–water partition coefficient (Wildman–Crippen LogP) is 0.135. The Morgan fingerprint density at radius 1 is 1.29 bits per heavy atom. The number of nitrogens with one attached hydrogen (secondary N) is 1. The maximum Gasteiger partial charge on any atom is 0.331 e. The first-order chi connectivity index (χ1) is 11.4. The van der Waals surface area contributed by atoms with Crippen molar-refractivity contribution in [3.8, 4) is 0 Å². The van der Waals surface area contributed by atoms with E-state index in [-0.39, 0.29) is 17.5 Å². The van der Waals surface area contributed by atoms with Gasteiger partial charge in [0.2, 0.25) is 0 Å². The molecule has 8 nitrogen and oxygen atoms in total. The van der Waals surface area contributed by atoms with Gasteiger partial charge in [0, 0.05) is 44.9 Å². The van der Waals surface area contributed by atoms with Gasteiger partial charge in [0.25, 0.3) is 11.5 Å². The molecule has 24 heavy (non-hydrogen) atoms. The number of hydrogen-bond donors (Lipinski definition) is 1. The Morgan fingerprint density at radius 2 is 2.04 bits per heavy atom. The number of likely N-dealkylation sites (tertiary alicyclic amines) is 1. The highest BCUT2D eigenvalue weighted by molar-refractivity contribution is 5.92. The number of aromatic amines is 1. The Balaban J connectivity index is 1.89. The Kier molecular flexibility index (Phi) is 4.13. The molecule has 1 N–H and O–H groups in total. The molecule has 3 rings (SSSR count). The lowest BCUT2D eigenvalue weighted by Crippen LogP contribution is -2.44. The molecule has 1 aliphatic heterocycles. The Labute approximate surface area is 138 Å². The Hall–Kier alpha value is -2.64. The van der Waals surface area contributed by atoms with E-state index in [1.54, 1.807) is 11.1 Å². The number of aryl methyl sites for hydroxylation is 1. The van der Waals surface area contributed by atoms with Crippen molar-refractivity contribution in [3.63, 3.8) is 0 Å². The van der Waals surface area contributed by atoms with Crippen molar-refractivity contribution in [3.05, 3.63) is 50.1 Å². The lowest BCUT2D eigenvalue weighted by atomic mass is 9.93. The fourth-order valence-corrected chi connectivity index (χ4v) is 3.27. The highest BCUT2D eigenvalue weighted by atomic mass is 16.2. The molecule has 1 aliphatic rings. The molecule has 0 unspecified atom stereocenters. The molecule has 1 fully saturated rings. The van der Waals surface area contributed by atoms with Gasteiger partial charge in [-0.15, -0.1) is 0 Å². The number of aromatic nitrogens is 4. The van der Waals surface area contributed by atoms with Gasteiger partial charge in [0.05, 0.1) is 6.20 Å². The first-order valence-electron chi connectivity index (χ1n) is 7.96. The van der Waals surface area contributed by atoms with Crippen LogP contribution in [0.5, 0.6) is 0 Å². The van der Waals surface area contributed by atoms with Crippen LogP contribution in [0.15, 0.2) is 21.9 Å². The van der Waals surface area contributed by atoms with Crippen LogP contribution in [0.1, 0.15) is 40.5 Å². The minimum Gasteiger partial charge on any atom is -0.337 e. The van der Waals surface area contributed by atoms with E-state index in [1.165, 1.54) is 24.7 Å². The number of hydrogen-bond acceptors (Lipinski definition) is 4. The summed E-state index contributed by atoms with van der Waals surface area (Å²) in [5.74, 6) is -0.0945. The maximum absolute atomic E-state index is 12.8.